The molecule has 1 amide bonds. The van der Waals surface area contributed by atoms with Gasteiger partial charge in [0.05, 0.1) is 30.9 Å². The van der Waals surface area contributed by atoms with Gasteiger partial charge in [-0.25, -0.2) is 0 Å². The lowest BCUT2D eigenvalue weighted by Gasteiger charge is -2.21. The molecule has 1 saturated carbocycles. The van der Waals surface area contributed by atoms with Crippen molar-refractivity contribution in [3.05, 3.63) is 24.3 Å². The van der Waals surface area contributed by atoms with E-state index in [-0.39, 0.29) is 25.0 Å². The summed E-state index contributed by atoms with van der Waals surface area (Å²) in [4.78, 5) is 11.9. The number of hydrogen-bond acceptors (Lipinski definition) is 4. The number of aliphatic hydroxyl groups is 1. The molecular weight excluding hydrogens is 268 g/mol. The number of nitrogen functional groups attached to an aromatic ring is 1. The van der Waals surface area contributed by atoms with E-state index < -0.39 is 6.10 Å². The molecular formula is C16H24N2O3. The van der Waals surface area contributed by atoms with Gasteiger partial charge in [0.15, 0.2) is 0 Å². The molecule has 0 heterocycles. The zero-order chi connectivity index (χ0) is 15.1. The number of benzene rings is 1. The first-order valence-corrected chi connectivity index (χ1v) is 7.61. The van der Waals surface area contributed by atoms with Gasteiger partial charge in [-0.1, -0.05) is 31.4 Å². The van der Waals surface area contributed by atoms with Gasteiger partial charge in [0, 0.05) is 0 Å². The summed E-state index contributed by atoms with van der Waals surface area (Å²) in [6, 6.07) is 7.09. The van der Waals surface area contributed by atoms with Crippen LogP contribution in [0.25, 0.3) is 0 Å². The van der Waals surface area contributed by atoms with Crippen molar-refractivity contribution in [1.29, 1.82) is 0 Å². The Morgan fingerprint density at radius 1 is 1.29 bits per heavy atom. The Bertz CT molecular complexity index is 465. The number of aliphatic hydroxyl groups excluding tert-OH is 1. The Morgan fingerprint density at radius 2 is 2.05 bits per heavy atom. The Hall–Kier alpha value is -1.75. The van der Waals surface area contributed by atoms with Gasteiger partial charge in [-0.15, -0.1) is 0 Å². The number of rotatable bonds is 5. The van der Waals surface area contributed by atoms with E-state index in [0.29, 0.717) is 11.4 Å². The maximum absolute atomic E-state index is 11.9. The highest BCUT2D eigenvalue weighted by Crippen LogP contribution is 2.20. The van der Waals surface area contributed by atoms with Gasteiger partial charge in [0.2, 0.25) is 5.91 Å². The molecule has 0 radical (unpaired) electrons. The summed E-state index contributed by atoms with van der Waals surface area (Å²) >= 11 is 0. The molecule has 1 fully saturated rings. The Morgan fingerprint density at radius 3 is 2.86 bits per heavy atom. The Balaban J connectivity index is 1.73. The summed E-state index contributed by atoms with van der Waals surface area (Å²) in [5.41, 5.74) is 6.33. The van der Waals surface area contributed by atoms with Gasteiger partial charge >= 0.3 is 0 Å². The van der Waals surface area contributed by atoms with E-state index in [1.807, 2.05) is 12.1 Å². The minimum atomic E-state index is -0.429. The first-order chi connectivity index (χ1) is 10.2. The third-order valence-corrected chi connectivity index (χ3v) is 3.83. The monoisotopic (exact) mass is 292 g/mol. The van der Waals surface area contributed by atoms with Gasteiger partial charge in [-0.2, -0.15) is 0 Å². The normalized spacial score (nSPS) is 22.3. The molecule has 5 nitrogen and oxygen atoms in total. The van der Waals surface area contributed by atoms with Crippen molar-refractivity contribution in [2.24, 2.45) is 0 Å². The zero-order valence-corrected chi connectivity index (χ0v) is 12.3. The molecule has 21 heavy (non-hydrogen) atoms. The van der Waals surface area contributed by atoms with Crippen LogP contribution < -0.4 is 15.8 Å². The van der Waals surface area contributed by atoms with Crippen molar-refractivity contribution >= 4 is 11.6 Å². The van der Waals surface area contributed by atoms with E-state index in [1.165, 1.54) is 0 Å². The minimum absolute atomic E-state index is 0.0875. The molecule has 0 bridgehead atoms. The van der Waals surface area contributed by atoms with Gasteiger partial charge in [0.1, 0.15) is 5.75 Å². The molecule has 116 valence electrons. The van der Waals surface area contributed by atoms with E-state index in [1.54, 1.807) is 12.1 Å². The number of amides is 1. The fourth-order valence-corrected chi connectivity index (χ4v) is 2.60. The average molecular weight is 292 g/mol. The molecule has 0 aliphatic heterocycles. The molecule has 4 N–H and O–H groups in total. The molecule has 2 unspecified atom stereocenters. The van der Waals surface area contributed by atoms with Crippen LogP contribution in [0.5, 0.6) is 5.75 Å². The van der Waals surface area contributed by atoms with Crippen LogP contribution in [-0.4, -0.2) is 29.8 Å². The summed E-state index contributed by atoms with van der Waals surface area (Å²) in [5, 5.41) is 12.9. The summed E-state index contributed by atoms with van der Waals surface area (Å²) in [5.74, 6) is 0.509. The standard InChI is InChI=1S/C16H24N2O3/c17-12-6-4-5-9-15(12)21-11-10-16(20)18-13-7-2-1-3-8-14(13)19/h4-6,9,13-14,19H,1-3,7-8,10-11,17H2,(H,18,20). The van der Waals surface area contributed by atoms with E-state index >= 15 is 0 Å². The molecule has 2 rings (SSSR count). The number of hydrogen-bond donors (Lipinski definition) is 3. The lowest BCUT2D eigenvalue weighted by molar-refractivity contribution is -0.123. The lowest BCUT2D eigenvalue weighted by atomic mass is 10.1. The number of nitrogens with one attached hydrogen (secondary N) is 1. The average Bonchev–Trinajstić information content (AvgIpc) is 2.66. The minimum Gasteiger partial charge on any atom is -0.491 e. The van der Waals surface area contributed by atoms with Gasteiger partial charge in [-0.05, 0) is 25.0 Å². The van der Waals surface area contributed by atoms with Crippen LogP contribution in [0.4, 0.5) is 5.69 Å². The summed E-state index contributed by atoms with van der Waals surface area (Å²) in [6.45, 7) is 0.281. The predicted octanol–water partition coefficient (Wildman–Crippen LogP) is 1.85. The zero-order valence-electron chi connectivity index (χ0n) is 12.3. The second-order valence-electron chi connectivity index (χ2n) is 5.52. The number of nitrogens with two attached hydrogens (primary N) is 1. The molecule has 2 atom stereocenters. The van der Waals surface area contributed by atoms with Crippen LogP contribution in [0.2, 0.25) is 0 Å². The predicted molar refractivity (Wildman–Crippen MR) is 82.0 cm³/mol. The van der Waals surface area contributed by atoms with E-state index in [2.05, 4.69) is 5.32 Å². The first-order valence-electron chi connectivity index (χ1n) is 7.61. The highest BCUT2D eigenvalue weighted by atomic mass is 16.5. The van der Waals surface area contributed by atoms with E-state index in [0.717, 1.165) is 32.1 Å². The molecule has 5 heteroatoms. The maximum atomic E-state index is 11.9. The van der Waals surface area contributed by atoms with Gasteiger partial charge < -0.3 is 20.9 Å². The van der Waals surface area contributed by atoms with Crippen molar-refractivity contribution < 1.29 is 14.6 Å². The van der Waals surface area contributed by atoms with Crippen molar-refractivity contribution in [3.8, 4) is 5.75 Å². The highest BCUT2D eigenvalue weighted by molar-refractivity contribution is 5.76. The van der Waals surface area contributed by atoms with Crippen LogP contribution in [0.1, 0.15) is 38.5 Å². The highest BCUT2D eigenvalue weighted by Gasteiger charge is 2.22. The van der Waals surface area contributed by atoms with Crippen molar-refractivity contribution in [3.63, 3.8) is 0 Å². The summed E-state index contributed by atoms with van der Waals surface area (Å²) in [7, 11) is 0. The van der Waals surface area contributed by atoms with Crippen LogP contribution in [0.3, 0.4) is 0 Å². The fraction of sp³-hybridized carbons (Fsp3) is 0.562. The Kier molecular flexibility index (Phi) is 5.87. The largest absolute Gasteiger partial charge is 0.491 e. The molecule has 0 saturated heterocycles. The smallest absolute Gasteiger partial charge is 0.223 e. The van der Waals surface area contributed by atoms with Crippen molar-refractivity contribution in [2.75, 3.05) is 12.3 Å². The van der Waals surface area contributed by atoms with Crippen LogP contribution >= 0.6 is 0 Å². The summed E-state index contributed by atoms with van der Waals surface area (Å²) < 4.78 is 5.50. The Labute approximate surface area is 125 Å². The molecule has 1 aliphatic rings. The van der Waals surface area contributed by atoms with E-state index in [9.17, 15) is 9.90 Å². The maximum Gasteiger partial charge on any atom is 0.223 e. The molecule has 0 aromatic heterocycles. The van der Waals surface area contributed by atoms with Crippen LogP contribution in [0.15, 0.2) is 24.3 Å². The molecule has 1 aliphatic carbocycles. The first kappa shape index (κ1) is 15.6. The van der Waals surface area contributed by atoms with E-state index in [4.69, 9.17) is 10.5 Å². The van der Waals surface area contributed by atoms with Crippen LogP contribution in [0, 0.1) is 0 Å². The fourth-order valence-electron chi connectivity index (χ4n) is 2.60. The van der Waals surface area contributed by atoms with Crippen molar-refractivity contribution in [1.82, 2.24) is 5.32 Å². The molecule has 0 spiro atoms. The molecule has 1 aromatic rings. The topological polar surface area (TPSA) is 84.6 Å². The number of carbonyl (C=O) groups excluding carboxylic acids is 1. The number of para-hydroxylation sites is 2. The second-order valence-corrected chi connectivity index (χ2v) is 5.52. The number of carbonyl (C=O) groups is 1. The summed E-state index contributed by atoms with van der Waals surface area (Å²) in [6.07, 6.45) is 4.66. The third kappa shape index (κ3) is 4.93. The second kappa shape index (κ2) is 7.88. The number of ether oxygens (including phenoxy) is 1. The van der Waals surface area contributed by atoms with Gasteiger partial charge in [-0.3, -0.25) is 4.79 Å². The SMILES string of the molecule is Nc1ccccc1OCCC(=O)NC1CCCCCC1O. The third-order valence-electron chi connectivity index (χ3n) is 3.83. The van der Waals surface area contributed by atoms with Crippen LogP contribution in [-0.2, 0) is 4.79 Å². The number of anilines is 1. The quantitative estimate of drug-likeness (QED) is 0.571. The van der Waals surface area contributed by atoms with Crippen molar-refractivity contribution in [2.45, 2.75) is 50.7 Å². The lowest BCUT2D eigenvalue weighted by Crippen LogP contribution is -2.43. The van der Waals surface area contributed by atoms with Gasteiger partial charge in [0.25, 0.3) is 0 Å². The molecule has 1 aromatic carbocycles.